The number of likely N-dealkylation sites (N-methyl/N-ethyl adjacent to an activating group) is 1. The van der Waals surface area contributed by atoms with Gasteiger partial charge < -0.3 is 26.8 Å². The number of hydrogen-bond acceptors (Lipinski definition) is 4. The van der Waals surface area contributed by atoms with Crippen molar-refractivity contribution in [3.05, 3.63) is 35.9 Å². The van der Waals surface area contributed by atoms with Crippen LogP contribution in [0.5, 0.6) is 0 Å². The lowest BCUT2D eigenvalue weighted by atomic mass is 9.92. The van der Waals surface area contributed by atoms with E-state index < -0.39 is 29.9 Å². The second-order valence-electron chi connectivity index (χ2n) is 8.88. The average molecular weight is 460 g/mol. The number of hydrogen-bond donors (Lipinski definition) is 4. The van der Waals surface area contributed by atoms with Crippen LogP contribution >= 0.6 is 0 Å². The molecule has 0 aromatic heterocycles. The van der Waals surface area contributed by atoms with Crippen LogP contribution in [0.2, 0.25) is 0 Å². The number of nitrogens with one attached hydrogen (secondary N) is 1. The highest BCUT2D eigenvalue weighted by atomic mass is 16.4. The molecule has 1 aromatic carbocycles. The van der Waals surface area contributed by atoms with E-state index in [0.717, 1.165) is 32.1 Å². The topological polar surface area (TPSA) is 151 Å². The Hall–Kier alpha value is -3.10. The van der Waals surface area contributed by atoms with Crippen molar-refractivity contribution in [1.29, 1.82) is 0 Å². The number of amides is 2. The van der Waals surface area contributed by atoms with Crippen molar-refractivity contribution in [3.8, 4) is 0 Å². The number of carboxylic acids is 1. The number of unbranched alkanes of at least 4 members (excludes halogenated alkanes) is 3. The summed E-state index contributed by atoms with van der Waals surface area (Å²) in [5, 5.41) is 12.2. The van der Waals surface area contributed by atoms with E-state index in [2.05, 4.69) is 22.4 Å². The predicted molar refractivity (Wildman–Crippen MR) is 127 cm³/mol. The van der Waals surface area contributed by atoms with E-state index in [9.17, 15) is 19.5 Å². The number of aliphatic carboxylic acids is 1. The Labute approximate surface area is 195 Å². The summed E-state index contributed by atoms with van der Waals surface area (Å²) >= 11 is 0. The summed E-state index contributed by atoms with van der Waals surface area (Å²) in [5.41, 5.74) is 12.4. The maximum Gasteiger partial charge on any atom is 0.306 e. The number of carbonyl (C=O) groups excluding carboxylic acids is 2. The lowest BCUT2D eigenvalue weighted by Crippen LogP contribution is -2.52. The molecule has 1 aliphatic carbocycles. The highest BCUT2D eigenvalue weighted by Crippen LogP contribution is 2.36. The van der Waals surface area contributed by atoms with E-state index in [0.29, 0.717) is 6.54 Å². The standard InChI is InChI=1S/C24H37N5O4/c1-16(30)27-21(19-14-18(23(32)33)15-20(19)28-24(25)26)22(31)29(2)13-9-4-3-6-10-17-11-7-5-8-12-17/h5,7-8,11-12,18-21H,3-4,6,9-10,13-15H2,1-2H3,(H,27,30)(H,32,33)(H4,25,26,28)/t18?,19-,20-,21?/m0/s1. The summed E-state index contributed by atoms with van der Waals surface area (Å²) in [4.78, 5) is 42.4. The molecular formula is C24H37N5O4. The van der Waals surface area contributed by atoms with Gasteiger partial charge in [0.2, 0.25) is 11.8 Å². The maximum absolute atomic E-state index is 13.2. The molecular weight excluding hydrogens is 422 g/mol. The highest BCUT2D eigenvalue weighted by Gasteiger charge is 2.45. The van der Waals surface area contributed by atoms with Crippen molar-refractivity contribution in [2.45, 2.75) is 64.0 Å². The first-order valence-corrected chi connectivity index (χ1v) is 11.6. The molecule has 0 aliphatic heterocycles. The molecule has 1 aromatic rings. The first-order valence-electron chi connectivity index (χ1n) is 11.6. The van der Waals surface area contributed by atoms with Gasteiger partial charge in [-0.1, -0.05) is 43.2 Å². The second kappa shape index (κ2) is 12.8. The minimum atomic E-state index is -0.953. The first-order chi connectivity index (χ1) is 15.7. The fourth-order valence-corrected chi connectivity index (χ4v) is 4.54. The summed E-state index contributed by atoms with van der Waals surface area (Å²) in [7, 11) is 1.71. The zero-order chi connectivity index (χ0) is 24.4. The summed E-state index contributed by atoms with van der Waals surface area (Å²) in [5.74, 6) is -2.87. The number of benzene rings is 1. The molecule has 4 atom stereocenters. The highest BCUT2D eigenvalue weighted by molar-refractivity contribution is 5.87. The fourth-order valence-electron chi connectivity index (χ4n) is 4.54. The predicted octanol–water partition coefficient (Wildman–Crippen LogP) is 1.51. The molecule has 2 amide bonds. The van der Waals surface area contributed by atoms with Gasteiger partial charge in [-0.2, -0.15) is 0 Å². The monoisotopic (exact) mass is 459 g/mol. The van der Waals surface area contributed by atoms with Gasteiger partial charge in [0, 0.05) is 26.4 Å². The zero-order valence-electron chi connectivity index (χ0n) is 19.6. The number of aliphatic imine (C=N–C) groups is 1. The number of nitrogens with zero attached hydrogens (tertiary/aromatic N) is 2. The molecule has 182 valence electrons. The lowest BCUT2D eigenvalue weighted by molar-refractivity contribution is -0.142. The minimum Gasteiger partial charge on any atom is -0.481 e. The van der Waals surface area contributed by atoms with Crippen LogP contribution < -0.4 is 16.8 Å². The van der Waals surface area contributed by atoms with Crippen LogP contribution in [0.3, 0.4) is 0 Å². The van der Waals surface area contributed by atoms with E-state index in [1.165, 1.54) is 12.5 Å². The van der Waals surface area contributed by atoms with Crippen molar-refractivity contribution in [2.24, 2.45) is 28.3 Å². The van der Waals surface area contributed by atoms with Gasteiger partial charge in [-0.25, -0.2) is 4.99 Å². The molecule has 0 heterocycles. The van der Waals surface area contributed by atoms with Gasteiger partial charge in [-0.3, -0.25) is 14.4 Å². The number of carboxylic acid groups (broad SMARTS) is 1. The molecule has 6 N–H and O–H groups in total. The van der Waals surface area contributed by atoms with E-state index in [-0.39, 0.29) is 30.6 Å². The third-order valence-electron chi connectivity index (χ3n) is 6.22. The van der Waals surface area contributed by atoms with Crippen LogP contribution in [0.1, 0.15) is 51.0 Å². The van der Waals surface area contributed by atoms with E-state index in [4.69, 9.17) is 11.5 Å². The maximum atomic E-state index is 13.2. The number of guanidine groups is 1. The largest absolute Gasteiger partial charge is 0.481 e. The van der Waals surface area contributed by atoms with Gasteiger partial charge in [0.25, 0.3) is 0 Å². The molecule has 1 fully saturated rings. The van der Waals surface area contributed by atoms with Crippen LogP contribution in [-0.2, 0) is 20.8 Å². The fraction of sp³-hybridized carbons (Fsp3) is 0.583. The van der Waals surface area contributed by atoms with Gasteiger partial charge in [0.05, 0.1) is 12.0 Å². The van der Waals surface area contributed by atoms with Gasteiger partial charge in [-0.15, -0.1) is 0 Å². The normalized spacial score (nSPS) is 20.6. The smallest absolute Gasteiger partial charge is 0.306 e. The van der Waals surface area contributed by atoms with Crippen molar-refractivity contribution in [1.82, 2.24) is 10.2 Å². The molecule has 0 saturated heterocycles. The van der Waals surface area contributed by atoms with Crippen molar-refractivity contribution < 1.29 is 19.5 Å². The summed E-state index contributed by atoms with van der Waals surface area (Å²) in [6, 6.07) is 8.94. The Balaban J connectivity index is 1.92. The molecule has 1 saturated carbocycles. The summed E-state index contributed by atoms with van der Waals surface area (Å²) < 4.78 is 0. The molecule has 2 rings (SSSR count). The number of nitrogens with two attached hydrogens (primary N) is 2. The lowest BCUT2D eigenvalue weighted by Gasteiger charge is -2.30. The quantitative estimate of drug-likeness (QED) is 0.211. The van der Waals surface area contributed by atoms with Crippen LogP contribution in [0, 0.1) is 11.8 Å². The third kappa shape index (κ3) is 8.40. The first kappa shape index (κ1) is 26.2. The minimum absolute atomic E-state index is 0.158. The van der Waals surface area contributed by atoms with Crippen LogP contribution in [0.15, 0.2) is 35.3 Å². The Kier molecular flexibility index (Phi) is 10.2. The van der Waals surface area contributed by atoms with Gasteiger partial charge in [0.1, 0.15) is 6.04 Å². The van der Waals surface area contributed by atoms with Crippen LogP contribution in [0.4, 0.5) is 0 Å². The summed E-state index contributed by atoms with van der Waals surface area (Å²) in [6.45, 7) is 1.90. The van der Waals surface area contributed by atoms with Gasteiger partial charge >= 0.3 is 5.97 Å². The summed E-state index contributed by atoms with van der Waals surface area (Å²) in [6.07, 6.45) is 5.50. The molecule has 0 bridgehead atoms. The number of carbonyl (C=O) groups is 3. The van der Waals surface area contributed by atoms with Crippen molar-refractivity contribution >= 4 is 23.7 Å². The molecule has 9 heteroatoms. The average Bonchev–Trinajstić information content (AvgIpc) is 3.17. The zero-order valence-corrected chi connectivity index (χ0v) is 19.6. The molecule has 1 aliphatic rings. The van der Waals surface area contributed by atoms with Crippen molar-refractivity contribution in [3.63, 3.8) is 0 Å². The van der Waals surface area contributed by atoms with E-state index in [1.54, 1.807) is 11.9 Å². The Morgan fingerprint density at radius 3 is 2.39 bits per heavy atom. The molecule has 0 spiro atoms. The van der Waals surface area contributed by atoms with Crippen LogP contribution in [-0.4, -0.2) is 59.4 Å². The SMILES string of the molecule is CC(=O)NC(C(=O)N(C)CCCCCCc1ccccc1)[C@H]1CC(C(=O)O)C[C@@H]1N=C(N)N. The number of rotatable bonds is 12. The van der Waals surface area contributed by atoms with E-state index in [1.807, 2.05) is 18.2 Å². The number of aryl methyl sites for hydroxylation is 1. The molecule has 2 unspecified atom stereocenters. The third-order valence-corrected chi connectivity index (χ3v) is 6.22. The second-order valence-corrected chi connectivity index (χ2v) is 8.88. The Bertz CT molecular complexity index is 825. The van der Waals surface area contributed by atoms with Crippen molar-refractivity contribution in [2.75, 3.05) is 13.6 Å². The van der Waals surface area contributed by atoms with Gasteiger partial charge in [0.15, 0.2) is 5.96 Å². The molecule has 0 radical (unpaired) electrons. The molecule has 33 heavy (non-hydrogen) atoms. The van der Waals surface area contributed by atoms with Gasteiger partial charge in [-0.05, 0) is 37.7 Å². The molecule has 9 nitrogen and oxygen atoms in total. The Morgan fingerprint density at radius 2 is 1.79 bits per heavy atom. The Morgan fingerprint density at radius 1 is 1.12 bits per heavy atom. The van der Waals surface area contributed by atoms with E-state index >= 15 is 0 Å². The van der Waals surface area contributed by atoms with Crippen LogP contribution in [0.25, 0.3) is 0 Å².